The number of hydrogen-bond donors (Lipinski definition) is 1. The normalized spacial score (nSPS) is 20.5. The molecule has 0 radical (unpaired) electrons. The molecule has 0 bridgehead atoms. The predicted octanol–water partition coefficient (Wildman–Crippen LogP) is 1.62. The molecule has 4 nitrogen and oxygen atoms in total. The zero-order valence-electron chi connectivity index (χ0n) is 10.0. The van der Waals surface area contributed by atoms with Crippen molar-refractivity contribution >= 4 is 11.1 Å². The molecule has 1 N–H and O–H groups in total. The molecule has 2 aromatic rings. The molecule has 2 heterocycles. The van der Waals surface area contributed by atoms with Gasteiger partial charge in [-0.3, -0.25) is 4.90 Å². The van der Waals surface area contributed by atoms with Crippen molar-refractivity contribution < 1.29 is 4.42 Å². The molecule has 1 aliphatic heterocycles. The summed E-state index contributed by atoms with van der Waals surface area (Å²) in [5, 5.41) is 3.37. The van der Waals surface area contributed by atoms with Gasteiger partial charge in [-0.1, -0.05) is 12.1 Å². The maximum absolute atomic E-state index is 5.73. The van der Waals surface area contributed by atoms with Crippen LogP contribution in [0.4, 0.5) is 0 Å². The smallest absolute Gasteiger partial charge is 0.209 e. The van der Waals surface area contributed by atoms with E-state index in [0.29, 0.717) is 6.04 Å². The number of para-hydroxylation sites is 2. The topological polar surface area (TPSA) is 41.3 Å². The van der Waals surface area contributed by atoms with Crippen molar-refractivity contribution in [2.75, 3.05) is 20.1 Å². The summed E-state index contributed by atoms with van der Waals surface area (Å²) >= 11 is 0. The van der Waals surface area contributed by atoms with Crippen molar-refractivity contribution in [3.8, 4) is 0 Å². The van der Waals surface area contributed by atoms with E-state index in [1.165, 1.54) is 6.42 Å². The molecule has 1 fully saturated rings. The van der Waals surface area contributed by atoms with Crippen LogP contribution < -0.4 is 5.32 Å². The predicted molar refractivity (Wildman–Crippen MR) is 66.8 cm³/mol. The molecule has 1 aromatic carbocycles. The van der Waals surface area contributed by atoms with E-state index in [1.807, 2.05) is 24.3 Å². The minimum Gasteiger partial charge on any atom is -0.439 e. The highest BCUT2D eigenvalue weighted by atomic mass is 16.3. The Bertz CT molecular complexity index is 469. The van der Waals surface area contributed by atoms with Crippen molar-refractivity contribution in [1.29, 1.82) is 0 Å². The van der Waals surface area contributed by atoms with E-state index in [9.17, 15) is 0 Å². The lowest BCUT2D eigenvalue weighted by Gasteiger charge is -2.21. The van der Waals surface area contributed by atoms with E-state index < -0.39 is 0 Å². The fourth-order valence-corrected chi connectivity index (χ4v) is 2.35. The molecule has 17 heavy (non-hydrogen) atoms. The summed E-state index contributed by atoms with van der Waals surface area (Å²) in [4.78, 5) is 6.81. The van der Waals surface area contributed by atoms with E-state index in [4.69, 9.17) is 4.42 Å². The Hall–Kier alpha value is -1.39. The second-order valence-corrected chi connectivity index (χ2v) is 4.64. The quantitative estimate of drug-likeness (QED) is 0.871. The third-order valence-corrected chi connectivity index (χ3v) is 3.38. The molecule has 1 unspecified atom stereocenters. The Morgan fingerprint density at radius 2 is 2.35 bits per heavy atom. The first-order chi connectivity index (χ1) is 8.33. The molecule has 0 aliphatic carbocycles. The third kappa shape index (κ3) is 2.18. The Balaban J connectivity index is 1.75. The van der Waals surface area contributed by atoms with Crippen LogP contribution in [0.3, 0.4) is 0 Å². The molecular weight excluding hydrogens is 214 g/mol. The molecule has 0 spiro atoms. The van der Waals surface area contributed by atoms with E-state index in [0.717, 1.165) is 36.6 Å². The van der Waals surface area contributed by atoms with Crippen molar-refractivity contribution in [3.63, 3.8) is 0 Å². The molecule has 4 heteroatoms. The van der Waals surface area contributed by atoms with Crippen molar-refractivity contribution in [2.45, 2.75) is 19.0 Å². The lowest BCUT2D eigenvalue weighted by Crippen LogP contribution is -2.32. The Morgan fingerprint density at radius 1 is 1.47 bits per heavy atom. The second-order valence-electron chi connectivity index (χ2n) is 4.64. The van der Waals surface area contributed by atoms with Gasteiger partial charge < -0.3 is 9.73 Å². The first-order valence-corrected chi connectivity index (χ1v) is 6.08. The minimum absolute atomic E-state index is 0.602. The molecule has 3 rings (SSSR count). The lowest BCUT2D eigenvalue weighted by molar-refractivity contribution is 0.227. The zero-order chi connectivity index (χ0) is 11.7. The summed E-state index contributed by atoms with van der Waals surface area (Å²) in [6.45, 7) is 2.96. The number of aromatic nitrogens is 1. The molecule has 0 amide bonds. The average molecular weight is 231 g/mol. The summed E-state index contributed by atoms with van der Waals surface area (Å²) in [6, 6.07) is 8.51. The van der Waals surface area contributed by atoms with Gasteiger partial charge in [-0.25, -0.2) is 4.98 Å². The number of fused-ring (bicyclic) bond motifs is 1. The summed E-state index contributed by atoms with van der Waals surface area (Å²) in [6.07, 6.45) is 1.21. The SMILES string of the molecule is CN(Cc1nc2ccccc2o1)C1CCNC1. The molecule has 0 saturated carbocycles. The number of benzene rings is 1. The van der Waals surface area contributed by atoms with Gasteiger partial charge in [-0.2, -0.15) is 0 Å². The van der Waals surface area contributed by atoms with Crippen LogP contribution in [0, 0.1) is 0 Å². The summed E-state index contributed by atoms with van der Waals surface area (Å²) in [5.74, 6) is 0.806. The maximum Gasteiger partial charge on any atom is 0.209 e. The zero-order valence-corrected chi connectivity index (χ0v) is 10.0. The third-order valence-electron chi connectivity index (χ3n) is 3.38. The van der Waals surface area contributed by atoms with Crippen molar-refractivity contribution in [3.05, 3.63) is 30.2 Å². The van der Waals surface area contributed by atoms with Crippen LogP contribution in [-0.2, 0) is 6.54 Å². The number of rotatable bonds is 3. The largest absolute Gasteiger partial charge is 0.439 e. The average Bonchev–Trinajstić information content (AvgIpc) is 2.97. The maximum atomic E-state index is 5.73. The van der Waals surface area contributed by atoms with Crippen LogP contribution >= 0.6 is 0 Å². The highest BCUT2D eigenvalue weighted by molar-refractivity contribution is 5.72. The van der Waals surface area contributed by atoms with Crippen LogP contribution in [0.2, 0.25) is 0 Å². The van der Waals surface area contributed by atoms with Gasteiger partial charge in [-0.05, 0) is 32.1 Å². The highest BCUT2D eigenvalue weighted by Crippen LogP contribution is 2.17. The molecule has 1 aromatic heterocycles. The Kier molecular flexibility index (Phi) is 2.82. The summed E-state index contributed by atoms with van der Waals surface area (Å²) in [5.41, 5.74) is 1.82. The van der Waals surface area contributed by atoms with Crippen molar-refractivity contribution in [1.82, 2.24) is 15.2 Å². The summed E-state index contributed by atoms with van der Waals surface area (Å²) in [7, 11) is 2.13. The molecule has 90 valence electrons. The van der Waals surface area contributed by atoms with E-state index in [2.05, 4.69) is 22.2 Å². The fourth-order valence-electron chi connectivity index (χ4n) is 2.35. The van der Waals surface area contributed by atoms with Gasteiger partial charge in [0.15, 0.2) is 5.58 Å². The van der Waals surface area contributed by atoms with Gasteiger partial charge in [0.25, 0.3) is 0 Å². The van der Waals surface area contributed by atoms with Gasteiger partial charge in [0.2, 0.25) is 5.89 Å². The molecule has 1 atom stereocenters. The van der Waals surface area contributed by atoms with Crippen LogP contribution in [0.25, 0.3) is 11.1 Å². The number of likely N-dealkylation sites (N-methyl/N-ethyl adjacent to an activating group) is 1. The minimum atomic E-state index is 0.602. The Morgan fingerprint density at radius 3 is 3.12 bits per heavy atom. The first kappa shape index (κ1) is 10.7. The van der Waals surface area contributed by atoms with Crippen LogP contribution in [0.5, 0.6) is 0 Å². The standard InChI is InChI=1S/C13H17N3O/c1-16(10-6-7-14-8-10)9-13-15-11-4-2-3-5-12(11)17-13/h2-5,10,14H,6-9H2,1H3. The second kappa shape index (κ2) is 4.47. The van der Waals surface area contributed by atoms with E-state index in [-0.39, 0.29) is 0 Å². The van der Waals surface area contributed by atoms with Crippen LogP contribution in [0.1, 0.15) is 12.3 Å². The van der Waals surface area contributed by atoms with Gasteiger partial charge in [0.05, 0.1) is 6.54 Å². The number of nitrogens with zero attached hydrogens (tertiary/aromatic N) is 2. The van der Waals surface area contributed by atoms with Crippen LogP contribution in [-0.4, -0.2) is 36.1 Å². The molecule has 1 saturated heterocycles. The van der Waals surface area contributed by atoms with Crippen LogP contribution in [0.15, 0.2) is 28.7 Å². The van der Waals surface area contributed by atoms with Gasteiger partial charge in [-0.15, -0.1) is 0 Å². The van der Waals surface area contributed by atoms with E-state index in [1.54, 1.807) is 0 Å². The van der Waals surface area contributed by atoms with Gasteiger partial charge >= 0.3 is 0 Å². The van der Waals surface area contributed by atoms with E-state index >= 15 is 0 Å². The number of oxazole rings is 1. The summed E-state index contributed by atoms with van der Waals surface area (Å²) < 4.78 is 5.73. The van der Waals surface area contributed by atoms with Gasteiger partial charge in [0, 0.05) is 12.6 Å². The van der Waals surface area contributed by atoms with Gasteiger partial charge in [0.1, 0.15) is 5.52 Å². The molecule has 1 aliphatic rings. The fraction of sp³-hybridized carbons (Fsp3) is 0.462. The lowest BCUT2D eigenvalue weighted by atomic mass is 10.2. The number of nitrogens with one attached hydrogen (secondary N) is 1. The molecular formula is C13H17N3O. The highest BCUT2D eigenvalue weighted by Gasteiger charge is 2.20. The van der Waals surface area contributed by atoms with Crippen molar-refractivity contribution in [2.24, 2.45) is 0 Å². The monoisotopic (exact) mass is 231 g/mol. The number of hydrogen-bond acceptors (Lipinski definition) is 4. The Labute approximate surface area is 101 Å². The first-order valence-electron chi connectivity index (χ1n) is 6.08.